The van der Waals surface area contributed by atoms with Crippen molar-refractivity contribution in [2.45, 2.75) is 0 Å². The Labute approximate surface area is 272 Å². The molecule has 0 radical (unpaired) electrons. The molecule has 4 heteroatoms. The minimum Gasteiger partial charge on any atom is -0.309 e. The van der Waals surface area contributed by atoms with Crippen molar-refractivity contribution in [2.24, 2.45) is 0 Å². The predicted molar refractivity (Wildman–Crippen MR) is 193 cm³/mol. The Kier molecular flexibility index (Phi) is 6.43. The summed E-state index contributed by atoms with van der Waals surface area (Å²) in [4.78, 5) is 15.1. The lowest BCUT2D eigenvalue weighted by Crippen LogP contribution is -2.01. The molecule has 2 aromatic heterocycles. The number of nitrogens with zero attached hydrogens (tertiary/aromatic N) is 4. The number of rotatable bonds is 5. The Morgan fingerprint density at radius 3 is 1.62 bits per heavy atom. The fraction of sp³-hybridized carbons (Fsp3) is 0. The van der Waals surface area contributed by atoms with Gasteiger partial charge in [0.05, 0.1) is 11.0 Å². The molecule has 0 bridgehead atoms. The second-order valence-electron chi connectivity index (χ2n) is 11.7. The van der Waals surface area contributed by atoms with Gasteiger partial charge in [0.25, 0.3) is 0 Å². The molecule has 0 aliphatic heterocycles. The molecule has 7 aromatic carbocycles. The van der Waals surface area contributed by atoms with Gasteiger partial charge in [-0.25, -0.2) is 15.0 Å². The summed E-state index contributed by atoms with van der Waals surface area (Å²) in [5, 5.41) is 4.90. The Morgan fingerprint density at radius 1 is 0.340 bits per heavy atom. The molecule has 4 nitrogen and oxygen atoms in total. The number of benzene rings is 7. The molecule has 0 spiro atoms. The van der Waals surface area contributed by atoms with Crippen molar-refractivity contribution in [2.75, 3.05) is 0 Å². The highest BCUT2D eigenvalue weighted by Gasteiger charge is 2.17. The Balaban J connectivity index is 1.22. The van der Waals surface area contributed by atoms with Crippen LogP contribution in [0.1, 0.15) is 0 Å². The molecule has 0 amide bonds. The van der Waals surface area contributed by atoms with E-state index in [1.165, 1.54) is 32.6 Å². The highest BCUT2D eigenvalue weighted by Crippen LogP contribution is 2.37. The van der Waals surface area contributed by atoms with Crippen LogP contribution in [0.15, 0.2) is 170 Å². The third-order valence-electron chi connectivity index (χ3n) is 8.84. The summed E-state index contributed by atoms with van der Waals surface area (Å²) in [6.07, 6.45) is 0. The molecule has 0 N–H and O–H groups in total. The zero-order valence-electron chi connectivity index (χ0n) is 25.5. The maximum absolute atomic E-state index is 5.07. The third kappa shape index (κ3) is 4.75. The topological polar surface area (TPSA) is 43.6 Å². The lowest BCUT2D eigenvalue weighted by atomic mass is 10.0. The van der Waals surface area contributed by atoms with Crippen LogP contribution in [-0.4, -0.2) is 19.5 Å². The van der Waals surface area contributed by atoms with Gasteiger partial charge in [-0.3, -0.25) is 0 Å². The number of hydrogen-bond donors (Lipinski definition) is 0. The molecule has 47 heavy (non-hydrogen) atoms. The zero-order chi connectivity index (χ0) is 31.2. The fourth-order valence-corrected chi connectivity index (χ4v) is 6.58. The number of hydrogen-bond acceptors (Lipinski definition) is 3. The van der Waals surface area contributed by atoms with E-state index >= 15 is 0 Å². The summed E-state index contributed by atoms with van der Waals surface area (Å²) in [5.74, 6) is 1.92. The molecule has 0 aliphatic rings. The summed E-state index contributed by atoms with van der Waals surface area (Å²) in [7, 11) is 0. The SMILES string of the molecule is c1ccc(-c2ccc(-c3nc(-c4ccccc4)nc(-c4cccc(-n5c6ccccc6c6ccc7ccccc7c65)c4)n3)cc2)cc1. The normalized spacial score (nSPS) is 11.4. The van der Waals surface area contributed by atoms with Crippen LogP contribution < -0.4 is 0 Å². The molecule has 0 saturated heterocycles. The Hall–Kier alpha value is -6.39. The van der Waals surface area contributed by atoms with E-state index in [0.717, 1.165) is 33.5 Å². The first-order valence-electron chi connectivity index (χ1n) is 15.8. The summed E-state index contributed by atoms with van der Waals surface area (Å²) in [5.41, 5.74) is 8.56. The largest absolute Gasteiger partial charge is 0.309 e. The van der Waals surface area contributed by atoms with Gasteiger partial charge >= 0.3 is 0 Å². The van der Waals surface area contributed by atoms with E-state index in [0.29, 0.717) is 17.5 Å². The molecular formula is C43H28N4. The average Bonchev–Trinajstić information content (AvgIpc) is 3.50. The Morgan fingerprint density at radius 2 is 0.872 bits per heavy atom. The van der Waals surface area contributed by atoms with Crippen molar-refractivity contribution in [1.29, 1.82) is 0 Å². The van der Waals surface area contributed by atoms with Crippen molar-refractivity contribution in [3.63, 3.8) is 0 Å². The summed E-state index contributed by atoms with van der Waals surface area (Å²) < 4.78 is 2.37. The molecule has 0 aliphatic carbocycles. The van der Waals surface area contributed by atoms with Gasteiger partial charge in [0.1, 0.15) is 0 Å². The summed E-state index contributed by atoms with van der Waals surface area (Å²) in [6.45, 7) is 0. The number of fused-ring (bicyclic) bond motifs is 5. The maximum atomic E-state index is 5.07. The first kappa shape index (κ1) is 27.0. The maximum Gasteiger partial charge on any atom is 0.164 e. The van der Waals surface area contributed by atoms with Gasteiger partial charge in [-0.1, -0.05) is 152 Å². The van der Waals surface area contributed by atoms with Crippen LogP contribution in [-0.2, 0) is 0 Å². The first-order valence-corrected chi connectivity index (χ1v) is 15.8. The lowest BCUT2D eigenvalue weighted by molar-refractivity contribution is 1.07. The van der Waals surface area contributed by atoms with Crippen molar-refractivity contribution in [3.05, 3.63) is 170 Å². The van der Waals surface area contributed by atoms with Gasteiger partial charge in [0.15, 0.2) is 17.5 Å². The standard InChI is InChI=1S/C43H28N4/c1-3-12-29(13-4-1)30-22-24-33(25-23-30)42-44-41(32-15-5-2-6-16-32)45-43(46-42)34-17-11-18-35(28-34)47-39-21-10-9-20-37(39)38-27-26-31-14-7-8-19-36(31)40(38)47/h1-28H. The molecule has 220 valence electrons. The monoisotopic (exact) mass is 600 g/mol. The Bertz CT molecular complexity index is 2550. The lowest BCUT2D eigenvalue weighted by Gasteiger charge is -2.12. The van der Waals surface area contributed by atoms with E-state index in [2.05, 4.69) is 138 Å². The van der Waals surface area contributed by atoms with Crippen molar-refractivity contribution >= 4 is 32.6 Å². The third-order valence-corrected chi connectivity index (χ3v) is 8.84. The van der Waals surface area contributed by atoms with E-state index in [1.807, 2.05) is 36.4 Å². The van der Waals surface area contributed by atoms with E-state index in [4.69, 9.17) is 15.0 Å². The van der Waals surface area contributed by atoms with Crippen LogP contribution in [0.5, 0.6) is 0 Å². The van der Waals surface area contributed by atoms with E-state index in [1.54, 1.807) is 0 Å². The van der Waals surface area contributed by atoms with E-state index in [-0.39, 0.29) is 0 Å². The highest BCUT2D eigenvalue weighted by molar-refractivity contribution is 6.18. The molecule has 9 aromatic rings. The van der Waals surface area contributed by atoms with Crippen LogP contribution >= 0.6 is 0 Å². The minimum atomic E-state index is 0.633. The molecule has 0 unspecified atom stereocenters. The van der Waals surface area contributed by atoms with Crippen LogP contribution in [0, 0.1) is 0 Å². The molecule has 9 rings (SSSR count). The average molecular weight is 601 g/mol. The summed E-state index contributed by atoms with van der Waals surface area (Å²) >= 11 is 0. The number of aromatic nitrogens is 4. The smallest absolute Gasteiger partial charge is 0.164 e. The predicted octanol–water partition coefficient (Wildman–Crippen LogP) is 10.8. The van der Waals surface area contributed by atoms with E-state index in [9.17, 15) is 0 Å². The van der Waals surface area contributed by atoms with Crippen LogP contribution in [0.2, 0.25) is 0 Å². The van der Waals surface area contributed by atoms with E-state index < -0.39 is 0 Å². The molecular weight excluding hydrogens is 573 g/mol. The van der Waals surface area contributed by atoms with Crippen molar-refractivity contribution in [1.82, 2.24) is 19.5 Å². The van der Waals surface area contributed by atoms with Crippen LogP contribution in [0.4, 0.5) is 0 Å². The van der Waals surface area contributed by atoms with Gasteiger partial charge in [0, 0.05) is 38.5 Å². The highest BCUT2D eigenvalue weighted by atomic mass is 15.0. The fourth-order valence-electron chi connectivity index (χ4n) is 6.58. The van der Waals surface area contributed by atoms with Gasteiger partial charge in [-0.15, -0.1) is 0 Å². The van der Waals surface area contributed by atoms with Crippen LogP contribution in [0.25, 0.3) is 83.6 Å². The van der Waals surface area contributed by atoms with Gasteiger partial charge in [-0.2, -0.15) is 0 Å². The van der Waals surface area contributed by atoms with Gasteiger partial charge < -0.3 is 4.57 Å². The quantitative estimate of drug-likeness (QED) is 0.197. The molecule has 0 atom stereocenters. The van der Waals surface area contributed by atoms with Gasteiger partial charge in [-0.05, 0) is 34.7 Å². The number of para-hydroxylation sites is 1. The van der Waals surface area contributed by atoms with Gasteiger partial charge in [0.2, 0.25) is 0 Å². The molecule has 0 fully saturated rings. The van der Waals surface area contributed by atoms with Crippen molar-refractivity contribution in [3.8, 4) is 51.0 Å². The zero-order valence-corrected chi connectivity index (χ0v) is 25.5. The minimum absolute atomic E-state index is 0.633. The molecule has 2 heterocycles. The van der Waals surface area contributed by atoms with Crippen molar-refractivity contribution < 1.29 is 0 Å². The second-order valence-corrected chi connectivity index (χ2v) is 11.7. The summed E-state index contributed by atoms with van der Waals surface area (Å²) in [6, 6.07) is 59.2. The first-order chi connectivity index (χ1) is 23.3. The molecule has 0 saturated carbocycles. The van der Waals surface area contributed by atoms with Crippen LogP contribution in [0.3, 0.4) is 0 Å². The second kappa shape index (κ2) is 11.2.